The molecular weight excluding hydrogens is 366 g/mol. The number of hydrogen-bond acceptors (Lipinski definition) is 4. The monoisotopic (exact) mass is 385 g/mol. The first-order valence-corrected chi connectivity index (χ1v) is 8.24. The highest BCUT2D eigenvalue weighted by Crippen LogP contribution is 2.30. The fourth-order valence-corrected chi connectivity index (χ4v) is 3.04. The molecule has 0 radical (unpaired) electrons. The van der Waals surface area contributed by atoms with Crippen LogP contribution in [0.2, 0.25) is 0 Å². The lowest BCUT2D eigenvalue weighted by atomic mass is 9.92. The SMILES string of the molecule is COC(=O)c1ccc(Br)c(OC(C)C2CCN(C(=O)O)CC2)c1. The highest BCUT2D eigenvalue weighted by Gasteiger charge is 2.27. The maximum atomic E-state index is 11.6. The van der Waals surface area contributed by atoms with Crippen LogP contribution in [0.1, 0.15) is 30.1 Å². The molecule has 6 nitrogen and oxygen atoms in total. The largest absolute Gasteiger partial charge is 0.489 e. The van der Waals surface area contributed by atoms with Crippen LogP contribution in [0, 0.1) is 5.92 Å². The van der Waals surface area contributed by atoms with E-state index in [4.69, 9.17) is 14.6 Å². The van der Waals surface area contributed by atoms with E-state index in [0.29, 0.717) is 24.4 Å². The molecule has 0 aromatic heterocycles. The Morgan fingerprint density at radius 2 is 2.00 bits per heavy atom. The molecule has 1 aliphatic heterocycles. The molecule has 1 heterocycles. The van der Waals surface area contributed by atoms with E-state index < -0.39 is 12.1 Å². The van der Waals surface area contributed by atoms with E-state index in [1.165, 1.54) is 12.0 Å². The van der Waals surface area contributed by atoms with Gasteiger partial charge in [-0.2, -0.15) is 0 Å². The van der Waals surface area contributed by atoms with Crippen molar-refractivity contribution in [3.05, 3.63) is 28.2 Å². The number of likely N-dealkylation sites (tertiary alicyclic amines) is 1. The lowest BCUT2D eigenvalue weighted by Crippen LogP contribution is -2.41. The van der Waals surface area contributed by atoms with Gasteiger partial charge in [-0.15, -0.1) is 0 Å². The van der Waals surface area contributed by atoms with Crippen LogP contribution in [0.15, 0.2) is 22.7 Å². The van der Waals surface area contributed by atoms with Crippen molar-refractivity contribution in [2.24, 2.45) is 5.92 Å². The van der Waals surface area contributed by atoms with E-state index in [-0.39, 0.29) is 12.0 Å². The number of carbonyl (C=O) groups excluding carboxylic acids is 1. The molecule has 1 aromatic carbocycles. The average molecular weight is 386 g/mol. The number of ether oxygens (including phenoxy) is 2. The highest BCUT2D eigenvalue weighted by atomic mass is 79.9. The smallest absolute Gasteiger partial charge is 0.407 e. The zero-order valence-electron chi connectivity index (χ0n) is 13.1. The molecule has 2 rings (SSSR count). The fourth-order valence-electron chi connectivity index (χ4n) is 2.70. The van der Waals surface area contributed by atoms with Crippen molar-refractivity contribution in [2.45, 2.75) is 25.9 Å². The molecule has 1 saturated heterocycles. The van der Waals surface area contributed by atoms with E-state index in [1.54, 1.807) is 18.2 Å². The highest BCUT2D eigenvalue weighted by molar-refractivity contribution is 9.10. The number of amides is 1. The fraction of sp³-hybridized carbons (Fsp3) is 0.500. The molecular formula is C16H20BrNO5. The van der Waals surface area contributed by atoms with E-state index in [1.807, 2.05) is 6.92 Å². The standard InChI is InChI=1S/C16H20BrNO5/c1-10(11-5-7-18(8-6-11)16(20)21)23-14-9-12(15(19)22-2)3-4-13(14)17/h3-4,9-11H,5-8H2,1-2H3,(H,20,21). The molecule has 7 heteroatoms. The van der Waals surface area contributed by atoms with E-state index >= 15 is 0 Å². The summed E-state index contributed by atoms with van der Waals surface area (Å²) < 4.78 is 11.5. The van der Waals surface area contributed by atoms with Crippen molar-refractivity contribution in [2.75, 3.05) is 20.2 Å². The zero-order chi connectivity index (χ0) is 17.0. The zero-order valence-corrected chi connectivity index (χ0v) is 14.7. The van der Waals surface area contributed by atoms with Gasteiger partial charge in [0.05, 0.1) is 23.2 Å². The van der Waals surface area contributed by atoms with E-state index in [0.717, 1.165) is 17.3 Å². The van der Waals surface area contributed by atoms with Crippen LogP contribution in [0.4, 0.5) is 4.79 Å². The Morgan fingerprint density at radius 1 is 1.35 bits per heavy atom. The first-order chi connectivity index (χ1) is 10.9. The van der Waals surface area contributed by atoms with Crippen molar-refractivity contribution in [1.82, 2.24) is 4.90 Å². The molecule has 0 spiro atoms. The number of halogens is 1. The van der Waals surface area contributed by atoms with Gasteiger partial charge in [0.1, 0.15) is 5.75 Å². The Balaban J connectivity index is 2.01. The minimum atomic E-state index is -0.870. The van der Waals surface area contributed by atoms with Crippen molar-refractivity contribution in [3.8, 4) is 5.75 Å². The Labute approximate surface area is 143 Å². The summed E-state index contributed by atoms with van der Waals surface area (Å²) in [7, 11) is 1.34. The Bertz CT molecular complexity index is 584. The topological polar surface area (TPSA) is 76.1 Å². The third kappa shape index (κ3) is 4.37. The predicted molar refractivity (Wildman–Crippen MR) is 87.9 cm³/mol. The van der Waals surface area contributed by atoms with Gasteiger partial charge in [0, 0.05) is 13.1 Å². The van der Waals surface area contributed by atoms with Gasteiger partial charge in [-0.05, 0) is 59.8 Å². The van der Waals surface area contributed by atoms with Gasteiger partial charge in [0.2, 0.25) is 0 Å². The van der Waals surface area contributed by atoms with Gasteiger partial charge >= 0.3 is 12.1 Å². The maximum Gasteiger partial charge on any atom is 0.407 e. The number of carbonyl (C=O) groups is 2. The number of rotatable bonds is 4. The van der Waals surface area contributed by atoms with Crippen LogP contribution in [-0.2, 0) is 4.74 Å². The van der Waals surface area contributed by atoms with E-state index in [9.17, 15) is 9.59 Å². The predicted octanol–water partition coefficient (Wildman–Crippen LogP) is 3.39. The summed E-state index contributed by atoms with van der Waals surface area (Å²) in [6.45, 7) is 3.02. The summed E-state index contributed by atoms with van der Waals surface area (Å²) in [4.78, 5) is 24.0. The van der Waals surface area contributed by atoms with Crippen LogP contribution in [0.3, 0.4) is 0 Å². The summed E-state index contributed by atoms with van der Waals surface area (Å²) in [6.07, 6.45) is 0.587. The maximum absolute atomic E-state index is 11.6. The number of nitrogens with zero attached hydrogens (tertiary/aromatic N) is 1. The Morgan fingerprint density at radius 3 is 2.57 bits per heavy atom. The molecule has 0 aliphatic carbocycles. The summed E-state index contributed by atoms with van der Waals surface area (Å²) in [5.41, 5.74) is 0.429. The molecule has 0 bridgehead atoms. The van der Waals surface area contributed by atoms with Crippen molar-refractivity contribution < 1.29 is 24.2 Å². The van der Waals surface area contributed by atoms with Crippen LogP contribution < -0.4 is 4.74 Å². The molecule has 1 unspecified atom stereocenters. The second kappa shape index (κ2) is 7.68. The Kier molecular flexibility index (Phi) is 5.87. The second-order valence-electron chi connectivity index (χ2n) is 5.57. The third-order valence-electron chi connectivity index (χ3n) is 4.14. The van der Waals surface area contributed by atoms with Crippen molar-refractivity contribution >= 4 is 28.0 Å². The molecule has 0 saturated carbocycles. The number of benzene rings is 1. The normalized spacial score (nSPS) is 16.7. The van der Waals surface area contributed by atoms with Gasteiger partial charge < -0.3 is 19.5 Å². The minimum Gasteiger partial charge on any atom is -0.489 e. The van der Waals surface area contributed by atoms with Crippen LogP contribution >= 0.6 is 15.9 Å². The quantitative estimate of drug-likeness (QED) is 0.803. The van der Waals surface area contributed by atoms with Gasteiger partial charge in [0.25, 0.3) is 0 Å². The molecule has 1 aliphatic rings. The van der Waals surface area contributed by atoms with Crippen LogP contribution in [0.25, 0.3) is 0 Å². The summed E-state index contributed by atoms with van der Waals surface area (Å²) in [5.74, 6) is 0.449. The summed E-state index contributed by atoms with van der Waals surface area (Å²) in [6, 6.07) is 5.07. The number of piperidine rings is 1. The van der Waals surface area contributed by atoms with Crippen molar-refractivity contribution in [3.63, 3.8) is 0 Å². The molecule has 1 amide bonds. The molecule has 1 N–H and O–H groups in total. The van der Waals surface area contributed by atoms with Gasteiger partial charge in [0.15, 0.2) is 0 Å². The summed E-state index contributed by atoms with van der Waals surface area (Å²) in [5, 5.41) is 8.99. The average Bonchev–Trinajstić information content (AvgIpc) is 2.56. The minimum absolute atomic E-state index is 0.0739. The van der Waals surface area contributed by atoms with Gasteiger partial charge in [-0.3, -0.25) is 0 Å². The molecule has 1 fully saturated rings. The number of carboxylic acid groups (broad SMARTS) is 1. The van der Waals surface area contributed by atoms with E-state index in [2.05, 4.69) is 15.9 Å². The number of esters is 1. The first kappa shape index (κ1) is 17.6. The lowest BCUT2D eigenvalue weighted by Gasteiger charge is -2.33. The number of hydrogen-bond donors (Lipinski definition) is 1. The van der Waals surface area contributed by atoms with Gasteiger partial charge in [-0.1, -0.05) is 0 Å². The second-order valence-corrected chi connectivity index (χ2v) is 6.42. The third-order valence-corrected chi connectivity index (χ3v) is 4.79. The first-order valence-electron chi connectivity index (χ1n) is 7.44. The van der Waals surface area contributed by atoms with Crippen LogP contribution in [0.5, 0.6) is 5.75 Å². The summed E-state index contributed by atoms with van der Waals surface area (Å²) >= 11 is 3.42. The molecule has 1 aromatic rings. The molecule has 1 atom stereocenters. The Hall–Kier alpha value is -1.76. The van der Waals surface area contributed by atoms with Gasteiger partial charge in [-0.25, -0.2) is 9.59 Å². The van der Waals surface area contributed by atoms with Crippen LogP contribution in [-0.4, -0.2) is 48.4 Å². The molecule has 23 heavy (non-hydrogen) atoms. The van der Waals surface area contributed by atoms with Crippen molar-refractivity contribution in [1.29, 1.82) is 0 Å². The lowest BCUT2D eigenvalue weighted by molar-refractivity contribution is 0.0598. The number of methoxy groups -OCH3 is 1. The molecule has 126 valence electrons.